The van der Waals surface area contributed by atoms with Crippen molar-refractivity contribution < 1.29 is 18.3 Å². The molecule has 0 bridgehead atoms. The van der Waals surface area contributed by atoms with Gasteiger partial charge in [0, 0.05) is 12.1 Å². The van der Waals surface area contributed by atoms with E-state index in [1.807, 2.05) is 25.1 Å². The van der Waals surface area contributed by atoms with Crippen molar-refractivity contribution >= 4 is 11.6 Å². The van der Waals surface area contributed by atoms with Crippen LogP contribution in [0.1, 0.15) is 23.0 Å². The number of aromatic nitrogens is 1. The second-order valence-electron chi connectivity index (χ2n) is 5.54. The molecule has 1 amide bonds. The lowest BCUT2D eigenvalue weighted by Crippen LogP contribution is -2.14. The van der Waals surface area contributed by atoms with Crippen molar-refractivity contribution in [1.82, 2.24) is 4.98 Å². The number of aryl methyl sites for hydroxylation is 1. The molecule has 3 rings (SSSR count). The van der Waals surface area contributed by atoms with Crippen LogP contribution in [-0.4, -0.2) is 10.9 Å². The topological polar surface area (TPSA) is 51.2 Å². The maximum Gasteiger partial charge on any atom is 0.274 e. The SMILES string of the molecule is CCc1cccc(Oc2cccc(C(=O)Nc3ccc(F)cc3F)n2)c1. The maximum atomic E-state index is 13.7. The first-order valence-corrected chi connectivity index (χ1v) is 8.05. The first-order valence-electron chi connectivity index (χ1n) is 8.05. The van der Waals surface area contributed by atoms with E-state index >= 15 is 0 Å². The van der Waals surface area contributed by atoms with Gasteiger partial charge >= 0.3 is 0 Å². The molecule has 26 heavy (non-hydrogen) atoms. The second-order valence-corrected chi connectivity index (χ2v) is 5.54. The third-order valence-electron chi connectivity index (χ3n) is 3.66. The number of nitrogens with zero attached hydrogens (tertiary/aromatic N) is 1. The van der Waals surface area contributed by atoms with Crippen LogP contribution < -0.4 is 10.1 Å². The number of anilines is 1. The highest BCUT2D eigenvalue weighted by Crippen LogP contribution is 2.22. The summed E-state index contributed by atoms with van der Waals surface area (Å²) in [6.45, 7) is 2.04. The summed E-state index contributed by atoms with van der Waals surface area (Å²) in [5.41, 5.74) is 1.04. The summed E-state index contributed by atoms with van der Waals surface area (Å²) in [6.07, 6.45) is 0.871. The summed E-state index contributed by atoms with van der Waals surface area (Å²) in [4.78, 5) is 16.4. The molecule has 0 radical (unpaired) electrons. The third-order valence-corrected chi connectivity index (χ3v) is 3.66. The van der Waals surface area contributed by atoms with Gasteiger partial charge in [-0.05, 0) is 42.3 Å². The Hall–Kier alpha value is -3.28. The van der Waals surface area contributed by atoms with Crippen molar-refractivity contribution in [2.75, 3.05) is 5.32 Å². The summed E-state index contributed by atoms with van der Waals surface area (Å²) < 4.78 is 32.3. The first-order chi connectivity index (χ1) is 12.5. The standard InChI is InChI=1S/C20H16F2N2O2/c1-2-13-5-3-6-15(11-13)26-19-8-4-7-18(23-19)20(25)24-17-10-9-14(21)12-16(17)22/h3-12H,2H2,1H3,(H,24,25). The molecule has 132 valence electrons. The van der Waals surface area contributed by atoms with E-state index in [1.54, 1.807) is 18.2 Å². The Kier molecular flexibility index (Phi) is 5.22. The molecule has 1 aromatic heterocycles. The number of hydrogen-bond acceptors (Lipinski definition) is 3. The summed E-state index contributed by atoms with van der Waals surface area (Å²) in [6, 6.07) is 15.2. The molecule has 1 heterocycles. The van der Waals surface area contributed by atoms with Gasteiger partial charge in [-0.15, -0.1) is 0 Å². The van der Waals surface area contributed by atoms with Gasteiger partial charge in [0.15, 0.2) is 0 Å². The Labute approximate surface area is 149 Å². The smallest absolute Gasteiger partial charge is 0.274 e. The highest BCUT2D eigenvalue weighted by atomic mass is 19.1. The van der Waals surface area contributed by atoms with Crippen LogP contribution in [0.25, 0.3) is 0 Å². The fourth-order valence-electron chi connectivity index (χ4n) is 2.32. The molecule has 0 aliphatic rings. The van der Waals surface area contributed by atoms with Gasteiger partial charge in [0.1, 0.15) is 23.1 Å². The molecule has 0 spiro atoms. The molecule has 0 unspecified atom stereocenters. The van der Waals surface area contributed by atoms with Crippen molar-refractivity contribution in [2.45, 2.75) is 13.3 Å². The van der Waals surface area contributed by atoms with E-state index in [1.165, 1.54) is 6.07 Å². The number of benzene rings is 2. The van der Waals surface area contributed by atoms with E-state index in [-0.39, 0.29) is 17.3 Å². The summed E-state index contributed by atoms with van der Waals surface area (Å²) in [7, 11) is 0. The quantitative estimate of drug-likeness (QED) is 0.704. The number of halogens is 2. The van der Waals surface area contributed by atoms with Crippen LogP contribution in [0.3, 0.4) is 0 Å². The maximum absolute atomic E-state index is 13.7. The minimum absolute atomic E-state index is 0.0536. The van der Waals surface area contributed by atoms with Crippen LogP contribution in [0, 0.1) is 11.6 Å². The number of nitrogens with one attached hydrogen (secondary N) is 1. The number of pyridine rings is 1. The second kappa shape index (κ2) is 7.74. The molecule has 2 aromatic carbocycles. The fraction of sp³-hybridized carbons (Fsp3) is 0.100. The zero-order chi connectivity index (χ0) is 18.5. The fourth-order valence-corrected chi connectivity index (χ4v) is 2.32. The Morgan fingerprint density at radius 3 is 2.65 bits per heavy atom. The summed E-state index contributed by atoms with van der Waals surface area (Å²) in [5, 5.41) is 2.36. The van der Waals surface area contributed by atoms with Crippen molar-refractivity contribution in [1.29, 1.82) is 0 Å². The number of amides is 1. The lowest BCUT2D eigenvalue weighted by Gasteiger charge is -2.09. The Morgan fingerprint density at radius 1 is 1.08 bits per heavy atom. The number of carbonyl (C=O) groups excluding carboxylic acids is 1. The molecular formula is C20H16F2N2O2. The Balaban J connectivity index is 1.76. The van der Waals surface area contributed by atoms with E-state index < -0.39 is 17.5 Å². The van der Waals surface area contributed by atoms with Gasteiger partial charge in [-0.1, -0.05) is 25.1 Å². The zero-order valence-corrected chi connectivity index (χ0v) is 14.0. The minimum atomic E-state index is -0.859. The van der Waals surface area contributed by atoms with Crippen LogP contribution in [-0.2, 0) is 6.42 Å². The molecule has 0 aliphatic heterocycles. The van der Waals surface area contributed by atoms with Crippen LogP contribution >= 0.6 is 0 Å². The van der Waals surface area contributed by atoms with E-state index in [4.69, 9.17) is 4.74 Å². The van der Waals surface area contributed by atoms with Crippen molar-refractivity contribution in [3.8, 4) is 11.6 Å². The third kappa shape index (κ3) is 4.22. The van der Waals surface area contributed by atoms with Gasteiger partial charge in [0.25, 0.3) is 5.91 Å². The number of rotatable bonds is 5. The van der Waals surface area contributed by atoms with Gasteiger partial charge in [-0.2, -0.15) is 0 Å². The average molecular weight is 354 g/mol. The van der Waals surface area contributed by atoms with Gasteiger partial charge < -0.3 is 10.1 Å². The molecule has 1 N–H and O–H groups in total. The number of hydrogen-bond donors (Lipinski definition) is 1. The highest BCUT2D eigenvalue weighted by Gasteiger charge is 2.12. The van der Waals surface area contributed by atoms with Crippen LogP contribution in [0.5, 0.6) is 11.6 Å². The van der Waals surface area contributed by atoms with Crippen LogP contribution in [0.2, 0.25) is 0 Å². The molecule has 6 heteroatoms. The molecule has 0 saturated heterocycles. The lowest BCUT2D eigenvalue weighted by atomic mass is 10.2. The normalized spacial score (nSPS) is 10.4. The van der Waals surface area contributed by atoms with Gasteiger partial charge in [-0.3, -0.25) is 4.79 Å². The summed E-state index contributed by atoms with van der Waals surface area (Å²) in [5.74, 6) is -1.35. The zero-order valence-electron chi connectivity index (χ0n) is 14.0. The molecular weight excluding hydrogens is 338 g/mol. The lowest BCUT2D eigenvalue weighted by molar-refractivity contribution is 0.102. The first kappa shape index (κ1) is 17.5. The monoisotopic (exact) mass is 354 g/mol. The van der Waals surface area contributed by atoms with E-state index in [0.717, 1.165) is 24.1 Å². The Bertz CT molecular complexity index is 945. The van der Waals surface area contributed by atoms with Crippen molar-refractivity contribution in [2.24, 2.45) is 0 Å². The molecule has 3 aromatic rings. The predicted molar refractivity (Wildman–Crippen MR) is 94.4 cm³/mol. The van der Waals surface area contributed by atoms with Crippen LogP contribution in [0.15, 0.2) is 60.7 Å². The highest BCUT2D eigenvalue weighted by molar-refractivity contribution is 6.03. The predicted octanol–water partition coefficient (Wildman–Crippen LogP) is 4.97. The van der Waals surface area contributed by atoms with Crippen molar-refractivity contribution in [3.05, 3.63) is 83.6 Å². The van der Waals surface area contributed by atoms with Crippen molar-refractivity contribution in [3.63, 3.8) is 0 Å². The Morgan fingerprint density at radius 2 is 1.88 bits per heavy atom. The van der Waals surface area contributed by atoms with Crippen LogP contribution in [0.4, 0.5) is 14.5 Å². The molecule has 0 aliphatic carbocycles. The molecule has 0 saturated carbocycles. The van der Waals surface area contributed by atoms with Gasteiger partial charge in [-0.25, -0.2) is 13.8 Å². The van der Waals surface area contributed by atoms with E-state index in [9.17, 15) is 13.6 Å². The van der Waals surface area contributed by atoms with E-state index in [0.29, 0.717) is 11.8 Å². The number of carbonyl (C=O) groups is 1. The average Bonchev–Trinajstić information content (AvgIpc) is 2.64. The summed E-state index contributed by atoms with van der Waals surface area (Å²) >= 11 is 0. The number of ether oxygens (including phenoxy) is 1. The molecule has 0 fully saturated rings. The van der Waals surface area contributed by atoms with Gasteiger partial charge in [0.2, 0.25) is 5.88 Å². The van der Waals surface area contributed by atoms with Gasteiger partial charge in [0.05, 0.1) is 5.69 Å². The minimum Gasteiger partial charge on any atom is -0.439 e. The molecule has 0 atom stereocenters. The molecule has 4 nitrogen and oxygen atoms in total. The van der Waals surface area contributed by atoms with E-state index in [2.05, 4.69) is 10.3 Å². The largest absolute Gasteiger partial charge is 0.439 e.